The molecule has 0 atom stereocenters. The number of esters is 1. The topological polar surface area (TPSA) is 77.5 Å². The van der Waals surface area contributed by atoms with Crippen molar-refractivity contribution in [1.29, 1.82) is 0 Å². The van der Waals surface area contributed by atoms with Gasteiger partial charge in [0.1, 0.15) is 17.9 Å². The number of amides is 1. The van der Waals surface area contributed by atoms with E-state index in [0.717, 1.165) is 16.3 Å². The number of hydrogen-bond donors (Lipinski definition) is 1. The number of carbonyl (C=O) groups excluding carboxylic acids is 2. The highest BCUT2D eigenvalue weighted by atomic mass is 32.1. The Kier molecular flexibility index (Phi) is 6.39. The number of ether oxygens (including phenoxy) is 2. The molecular formula is C21H20N2O4S. The third-order valence-electron chi connectivity index (χ3n) is 3.82. The highest BCUT2D eigenvalue weighted by molar-refractivity contribution is 7.09. The first kappa shape index (κ1) is 19.6. The number of benzene rings is 2. The van der Waals surface area contributed by atoms with Crippen LogP contribution in [0, 0.1) is 13.8 Å². The molecule has 0 saturated carbocycles. The zero-order valence-corrected chi connectivity index (χ0v) is 16.4. The van der Waals surface area contributed by atoms with E-state index in [0.29, 0.717) is 11.4 Å². The summed E-state index contributed by atoms with van der Waals surface area (Å²) < 4.78 is 10.9. The molecule has 1 aromatic heterocycles. The molecule has 0 bridgehead atoms. The van der Waals surface area contributed by atoms with Gasteiger partial charge in [0, 0.05) is 11.1 Å². The number of thiazole rings is 1. The summed E-state index contributed by atoms with van der Waals surface area (Å²) >= 11 is 1.54. The van der Waals surface area contributed by atoms with E-state index < -0.39 is 11.9 Å². The van der Waals surface area contributed by atoms with Gasteiger partial charge in [0.25, 0.3) is 5.91 Å². The average molecular weight is 396 g/mol. The van der Waals surface area contributed by atoms with E-state index in [1.165, 1.54) is 11.3 Å². The van der Waals surface area contributed by atoms with Crippen LogP contribution in [0.15, 0.2) is 53.9 Å². The zero-order chi connectivity index (χ0) is 19.9. The average Bonchev–Trinajstić information content (AvgIpc) is 3.12. The van der Waals surface area contributed by atoms with Crippen LogP contribution in [0.25, 0.3) is 0 Å². The van der Waals surface area contributed by atoms with Gasteiger partial charge in [-0.25, -0.2) is 9.78 Å². The third kappa shape index (κ3) is 5.40. The summed E-state index contributed by atoms with van der Waals surface area (Å²) in [6.45, 7) is 3.75. The molecule has 1 amide bonds. The minimum Gasteiger partial charge on any atom is -0.486 e. The lowest BCUT2D eigenvalue weighted by Gasteiger charge is -2.11. The Morgan fingerprint density at radius 2 is 1.82 bits per heavy atom. The van der Waals surface area contributed by atoms with E-state index in [9.17, 15) is 9.59 Å². The van der Waals surface area contributed by atoms with Crippen molar-refractivity contribution in [2.24, 2.45) is 0 Å². The monoisotopic (exact) mass is 396 g/mol. The molecule has 0 aliphatic heterocycles. The van der Waals surface area contributed by atoms with Gasteiger partial charge in [-0.1, -0.05) is 29.8 Å². The molecule has 0 aliphatic carbocycles. The van der Waals surface area contributed by atoms with Crippen molar-refractivity contribution in [2.75, 3.05) is 11.9 Å². The van der Waals surface area contributed by atoms with Gasteiger partial charge in [0.2, 0.25) is 0 Å². The summed E-state index contributed by atoms with van der Waals surface area (Å²) in [7, 11) is 0. The third-order valence-corrected chi connectivity index (χ3v) is 4.64. The van der Waals surface area contributed by atoms with Gasteiger partial charge in [-0.2, -0.15) is 0 Å². The van der Waals surface area contributed by atoms with E-state index in [1.54, 1.807) is 36.4 Å². The molecule has 144 valence electrons. The minimum absolute atomic E-state index is 0.253. The molecule has 28 heavy (non-hydrogen) atoms. The predicted molar refractivity (Wildman–Crippen MR) is 108 cm³/mol. The molecule has 0 aliphatic rings. The maximum absolute atomic E-state index is 12.4. The largest absolute Gasteiger partial charge is 0.486 e. The maximum Gasteiger partial charge on any atom is 0.342 e. The molecule has 6 nitrogen and oxygen atoms in total. The van der Waals surface area contributed by atoms with Crippen molar-refractivity contribution in [3.63, 3.8) is 0 Å². The van der Waals surface area contributed by atoms with Gasteiger partial charge < -0.3 is 14.8 Å². The smallest absolute Gasteiger partial charge is 0.342 e. The van der Waals surface area contributed by atoms with Gasteiger partial charge >= 0.3 is 5.97 Å². The summed E-state index contributed by atoms with van der Waals surface area (Å²) in [5, 5.41) is 5.54. The summed E-state index contributed by atoms with van der Waals surface area (Å²) in [6.07, 6.45) is 0. The standard InChI is InChI=1S/C21H20N2O4S/c1-14-7-9-16(10-8-14)23-20(24)12-27-21(25)18-5-3-4-6-19(18)26-11-17-13-28-15(2)22-17/h3-10,13H,11-12H2,1-2H3,(H,23,24). The lowest BCUT2D eigenvalue weighted by atomic mass is 10.2. The van der Waals surface area contributed by atoms with E-state index >= 15 is 0 Å². The molecular weight excluding hydrogens is 376 g/mol. The van der Waals surface area contributed by atoms with E-state index in [-0.39, 0.29) is 18.8 Å². The number of rotatable bonds is 7. The Morgan fingerprint density at radius 3 is 2.54 bits per heavy atom. The Morgan fingerprint density at radius 1 is 1.07 bits per heavy atom. The van der Waals surface area contributed by atoms with Gasteiger partial charge in [0.15, 0.2) is 6.61 Å². The fraction of sp³-hybridized carbons (Fsp3) is 0.190. The molecule has 0 fully saturated rings. The minimum atomic E-state index is -0.621. The number of anilines is 1. The molecule has 3 rings (SSSR count). The maximum atomic E-state index is 12.4. The van der Waals surface area contributed by atoms with Crippen molar-refractivity contribution >= 4 is 28.9 Å². The van der Waals surface area contributed by atoms with Crippen molar-refractivity contribution in [3.05, 3.63) is 75.7 Å². The summed E-state index contributed by atoms with van der Waals surface area (Å²) in [4.78, 5) is 28.7. The number of hydrogen-bond acceptors (Lipinski definition) is 6. The van der Waals surface area contributed by atoms with Crippen LogP contribution in [0.1, 0.15) is 26.6 Å². The Balaban J connectivity index is 1.56. The van der Waals surface area contributed by atoms with Gasteiger partial charge in [0.05, 0.1) is 10.7 Å². The predicted octanol–water partition coefficient (Wildman–Crippen LogP) is 4.13. The van der Waals surface area contributed by atoms with E-state index in [1.807, 2.05) is 31.4 Å². The summed E-state index contributed by atoms with van der Waals surface area (Å²) in [5.41, 5.74) is 2.79. The van der Waals surface area contributed by atoms with Crippen LogP contribution in [-0.2, 0) is 16.1 Å². The SMILES string of the molecule is Cc1ccc(NC(=O)COC(=O)c2ccccc2OCc2csc(C)n2)cc1. The summed E-state index contributed by atoms with van der Waals surface area (Å²) in [5.74, 6) is -0.644. The Labute approximate surface area is 167 Å². The molecule has 0 saturated heterocycles. The van der Waals surface area contributed by atoms with Crippen LogP contribution in [-0.4, -0.2) is 23.5 Å². The van der Waals surface area contributed by atoms with E-state index in [2.05, 4.69) is 10.3 Å². The Hall–Kier alpha value is -3.19. The van der Waals surface area contributed by atoms with Gasteiger partial charge in [-0.15, -0.1) is 11.3 Å². The molecule has 2 aromatic carbocycles. The number of aryl methyl sites for hydroxylation is 2. The first-order valence-corrected chi connectivity index (χ1v) is 9.56. The number of aromatic nitrogens is 1. The number of para-hydroxylation sites is 1. The lowest BCUT2D eigenvalue weighted by Crippen LogP contribution is -2.21. The lowest BCUT2D eigenvalue weighted by molar-refractivity contribution is -0.119. The highest BCUT2D eigenvalue weighted by Gasteiger charge is 2.16. The van der Waals surface area contributed by atoms with Gasteiger partial charge in [-0.05, 0) is 38.1 Å². The fourth-order valence-corrected chi connectivity index (χ4v) is 3.03. The zero-order valence-electron chi connectivity index (χ0n) is 15.6. The van der Waals surface area contributed by atoms with Crippen molar-refractivity contribution in [1.82, 2.24) is 4.98 Å². The second kappa shape index (κ2) is 9.14. The molecule has 0 radical (unpaired) electrons. The molecule has 1 N–H and O–H groups in total. The van der Waals surface area contributed by atoms with Crippen LogP contribution in [0.2, 0.25) is 0 Å². The number of nitrogens with zero attached hydrogens (tertiary/aromatic N) is 1. The molecule has 3 aromatic rings. The normalized spacial score (nSPS) is 10.4. The van der Waals surface area contributed by atoms with Crippen LogP contribution >= 0.6 is 11.3 Å². The van der Waals surface area contributed by atoms with Crippen molar-refractivity contribution in [2.45, 2.75) is 20.5 Å². The van der Waals surface area contributed by atoms with Crippen LogP contribution in [0.3, 0.4) is 0 Å². The first-order chi connectivity index (χ1) is 13.5. The second-order valence-corrected chi connectivity index (χ2v) is 7.20. The number of nitrogens with one attached hydrogen (secondary N) is 1. The van der Waals surface area contributed by atoms with Crippen LogP contribution in [0.4, 0.5) is 5.69 Å². The second-order valence-electron chi connectivity index (χ2n) is 6.13. The fourth-order valence-electron chi connectivity index (χ4n) is 2.43. The molecule has 7 heteroatoms. The molecule has 0 spiro atoms. The van der Waals surface area contributed by atoms with E-state index in [4.69, 9.17) is 9.47 Å². The van der Waals surface area contributed by atoms with Gasteiger partial charge in [-0.3, -0.25) is 4.79 Å². The summed E-state index contributed by atoms with van der Waals surface area (Å²) in [6, 6.07) is 14.1. The molecule has 1 heterocycles. The van der Waals surface area contributed by atoms with Crippen LogP contribution in [0.5, 0.6) is 5.75 Å². The van der Waals surface area contributed by atoms with Crippen molar-refractivity contribution < 1.29 is 19.1 Å². The van der Waals surface area contributed by atoms with Crippen molar-refractivity contribution in [3.8, 4) is 5.75 Å². The first-order valence-electron chi connectivity index (χ1n) is 8.68. The molecule has 0 unspecified atom stereocenters. The van der Waals surface area contributed by atoms with Crippen LogP contribution < -0.4 is 10.1 Å². The quantitative estimate of drug-likeness (QED) is 0.608. The highest BCUT2D eigenvalue weighted by Crippen LogP contribution is 2.21. The number of carbonyl (C=O) groups is 2. The Bertz CT molecular complexity index is 967.